The van der Waals surface area contributed by atoms with Crippen molar-refractivity contribution in [2.24, 2.45) is 0 Å². The van der Waals surface area contributed by atoms with E-state index < -0.39 is 17.6 Å². The molecule has 5 nitrogen and oxygen atoms in total. The van der Waals surface area contributed by atoms with Gasteiger partial charge in [0.25, 0.3) is 0 Å². The SMILES string of the molecule is O=C(NCC(c1cccc2ccccc12)N1CCCC1)C(=O)Nc1ccc(F)cc1. The van der Waals surface area contributed by atoms with Crippen molar-refractivity contribution in [1.82, 2.24) is 10.2 Å². The predicted octanol–water partition coefficient (Wildman–Crippen LogP) is 3.87. The molecule has 0 aliphatic carbocycles. The Morgan fingerprint density at radius 3 is 2.37 bits per heavy atom. The van der Waals surface area contributed by atoms with Crippen LogP contribution < -0.4 is 10.6 Å². The van der Waals surface area contributed by atoms with Crippen LogP contribution in [-0.4, -0.2) is 36.3 Å². The van der Waals surface area contributed by atoms with E-state index >= 15 is 0 Å². The molecule has 1 aliphatic rings. The van der Waals surface area contributed by atoms with Gasteiger partial charge in [-0.15, -0.1) is 0 Å². The maximum atomic E-state index is 13.0. The zero-order valence-electron chi connectivity index (χ0n) is 16.6. The van der Waals surface area contributed by atoms with Crippen LogP contribution >= 0.6 is 0 Å². The highest BCUT2D eigenvalue weighted by atomic mass is 19.1. The van der Waals surface area contributed by atoms with Crippen LogP contribution in [-0.2, 0) is 9.59 Å². The lowest BCUT2D eigenvalue weighted by Crippen LogP contribution is -2.41. The van der Waals surface area contributed by atoms with Crippen molar-refractivity contribution >= 4 is 28.3 Å². The lowest BCUT2D eigenvalue weighted by atomic mass is 9.97. The van der Waals surface area contributed by atoms with E-state index in [0.717, 1.165) is 42.3 Å². The summed E-state index contributed by atoms with van der Waals surface area (Å²) in [5, 5.41) is 7.59. The zero-order valence-corrected chi connectivity index (χ0v) is 16.6. The number of rotatable bonds is 5. The standard InChI is InChI=1S/C24H24FN3O2/c25-18-10-12-19(13-11-18)27-24(30)23(29)26-16-22(28-14-3-4-15-28)21-9-5-7-17-6-1-2-8-20(17)21/h1-2,5-13,22H,3-4,14-16H2,(H,26,29)(H,27,30). The third kappa shape index (κ3) is 4.49. The molecule has 3 aromatic carbocycles. The van der Waals surface area contributed by atoms with Gasteiger partial charge in [0.15, 0.2) is 0 Å². The number of amides is 2. The minimum Gasteiger partial charge on any atom is -0.346 e. The lowest BCUT2D eigenvalue weighted by molar-refractivity contribution is -0.136. The molecule has 1 fully saturated rings. The second-order valence-corrected chi connectivity index (χ2v) is 7.50. The first kappa shape index (κ1) is 20.0. The second kappa shape index (κ2) is 9.05. The number of carbonyl (C=O) groups is 2. The third-order valence-corrected chi connectivity index (χ3v) is 5.53. The molecule has 0 saturated carbocycles. The number of carbonyl (C=O) groups excluding carboxylic acids is 2. The van der Waals surface area contributed by atoms with Crippen LogP contribution in [0.15, 0.2) is 66.7 Å². The number of hydrogen-bond acceptors (Lipinski definition) is 3. The third-order valence-electron chi connectivity index (χ3n) is 5.53. The van der Waals surface area contributed by atoms with Gasteiger partial charge in [-0.25, -0.2) is 4.39 Å². The van der Waals surface area contributed by atoms with Crippen LogP contribution in [0.25, 0.3) is 10.8 Å². The van der Waals surface area contributed by atoms with Crippen LogP contribution in [0.5, 0.6) is 0 Å². The first-order valence-electron chi connectivity index (χ1n) is 10.2. The monoisotopic (exact) mass is 405 g/mol. The molecule has 1 heterocycles. The number of likely N-dealkylation sites (tertiary alicyclic amines) is 1. The summed E-state index contributed by atoms with van der Waals surface area (Å²) in [6.07, 6.45) is 2.25. The molecular weight excluding hydrogens is 381 g/mol. The average Bonchev–Trinajstić information content (AvgIpc) is 3.30. The summed E-state index contributed by atoms with van der Waals surface area (Å²) in [5.41, 5.74) is 1.52. The van der Waals surface area contributed by atoms with E-state index in [0.29, 0.717) is 12.2 Å². The van der Waals surface area contributed by atoms with Gasteiger partial charge in [-0.3, -0.25) is 14.5 Å². The van der Waals surface area contributed by atoms with E-state index in [1.165, 1.54) is 24.3 Å². The Balaban J connectivity index is 1.49. The minimum absolute atomic E-state index is 0.0128. The summed E-state index contributed by atoms with van der Waals surface area (Å²) in [4.78, 5) is 27.0. The fraction of sp³-hybridized carbons (Fsp3) is 0.250. The summed E-state index contributed by atoms with van der Waals surface area (Å²) in [6, 6.07) is 19.7. The fourth-order valence-electron chi connectivity index (χ4n) is 4.02. The van der Waals surface area contributed by atoms with E-state index in [2.05, 4.69) is 39.8 Å². The fourth-order valence-corrected chi connectivity index (χ4v) is 4.02. The molecule has 0 spiro atoms. The Bertz CT molecular complexity index is 1040. The summed E-state index contributed by atoms with van der Waals surface area (Å²) < 4.78 is 13.0. The molecule has 2 amide bonds. The van der Waals surface area contributed by atoms with E-state index in [9.17, 15) is 14.0 Å². The molecule has 1 atom stereocenters. The molecular formula is C24H24FN3O2. The normalized spacial score (nSPS) is 15.1. The molecule has 1 unspecified atom stereocenters. The number of benzene rings is 3. The topological polar surface area (TPSA) is 61.4 Å². The van der Waals surface area contributed by atoms with Crippen LogP contribution in [0, 0.1) is 5.82 Å². The number of anilines is 1. The molecule has 4 rings (SSSR count). The van der Waals surface area contributed by atoms with E-state index in [1.807, 2.05) is 18.2 Å². The molecule has 0 bridgehead atoms. The highest BCUT2D eigenvalue weighted by Crippen LogP contribution is 2.30. The van der Waals surface area contributed by atoms with E-state index in [-0.39, 0.29) is 6.04 Å². The van der Waals surface area contributed by atoms with Gasteiger partial charge in [0.2, 0.25) is 0 Å². The van der Waals surface area contributed by atoms with Crippen molar-refractivity contribution in [3.63, 3.8) is 0 Å². The van der Waals surface area contributed by atoms with Crippen LogP contribution in [0.3, 0.4) is 0 Å². The highest BCUT2D eigenvalue weighted by molar-refractivity contribution is 6.39. The molecule has 0 aromatic heterocycles. The zero-order chi connectivity index (χ0) is 20.9. The second-order valence-electron chi connectivity index (χ2n) is 7.50. The largest absolute Gasteiger partial charge is 0.346 e. The van der Waals surface area contributed by atoms with Crippen molar-refractivity contribution in [2.75, 3.05) is 25.0 Å². The molecule has 2 N–H and O–H groups in total. The Hall–Kier alpha value is -3.25. The van der Waals surface area contributed by atoms with Crippen LogP contribution in [0.1, 0.15) is 24.4 Å². The summed E-state index contributed by atoms with van der Waals surface area (Å²) >= 11 is 0. The maximum absolute atomic E-state index is 13.0. The molecule has 1 saturated heterocycles. The van der Waals surface area contributed by atoms with E-state index in [1.54, 1.807) is 0 Å². The molecule has 3 aromatic rings. The predicted molar refractivity (Wildman–Crippen MR) is 116 cm³/mol. The van der Waals surface area contributed by atoms with Gasteiger partial charge in [0.05, 0.1) is 6.04 Å². The smallest absolute Gasteiger partial charge is 0.313 e. The molecule has 0 radical (unpaired) electrons. The maximum Gasteiger partial charge on any atom is 0.313 e. The number of nitrogens with one attached hydrogen (secondary N) is 2. The molecule has 154 valence electrons. The van der Waals surface area contributed by atoms with Crippen molar-refractivity contribution in [1.29, 1.82) is 0 Å². The van der Waals surface area contributed by atoms with Gasteiger partial charge >= 0.3 is 11.8 Å². The quantitative estimate of drug-likeness (QED) is 0.634. The first-order valence-corrected chi connectivity index (χ1v) is 10.2. The summed E-state index contributed by atoms with van der Waals surface area (Å²) in [6.45, 7) is 2.26. The summed E-state index contributed by atoms with van der Waals surface area (Å²) in [7, 11) is 0. The lowest BCUT2D eigenvalue weighted by Gasteiger charge is -2.29. The molecule has 6 heteroatoms. The van der Waals surface area contributed by atoms with Crippen molar-refractivity contribution in [3.8, 4) is 0 Å². The Morgan fingerprint density at radius 1 is 0.900 bits per heavy atom. The van der Waals surface area contributed by atoms with Gasteiger partial charge in [-0.2, -0.15) is 0 Å². The van der Waals surface area contributed by atoms with E-state index in [4.69, 9.17) is 0 Å². The van der Waals surface area contributed by atoms with Crippen molar-refractivity contribution in [3.05, 3.63) is 78.1 Å². The number of fused-ring (bicyclic) bond motifs is 1. The Morgan fingerprint density at radius 2 is 1.60 bits per heavy atom. The van der Waals surface area contributed by atoms with Gasteiger partial charge in [-0.1, -0.05) is 42.5 Å². The molecule has 1 aliphatic heterocycles. The van der Waals surface area contributed by atoms with Crippen LogP contribution in [0.4, 0.5) is 10.1 Å². The van der Waals surface area contributed by atoms with Gasteiger partial charge in [-0.05, 0) is 66.5 Å². The van der Waals surface area contributed by atoms with Crippen molar-refractivity contribution < 1.29 is 14.0 Å². The van der Waals surface area contributed by atoms with Gasteiger partial charge < -0.3 is 10.6 Å². The number of nitrogens with zero attached hydrogens (tertiary/aromatic N) is 1. The summed E-state index contributed by atoms with van der Waals surface area (Å²) in [5.74, 6) is -1.87. The highest BCUT2D eigenvalue weighted by Gasteiger charge is 2.26. The number of hydrogen-bond donors (Lipinski definition) is 2. The Labute approximate surface area is 174 Å². The molecule has 30 heavy (non-hydrogen) atoms. The minimum atomic E-state index is -0.764. The van der Waals surface area contributed by atoms with Gasteiger partial charge in [0.1, 0.15) is 5.82 Å². The average molecular weight is 405 g/mol. The van der Waals surface area contributed by atoms with Gasteiger partial charge in [0, 0.05) is 12.2 Å². The number of halogens is 1. The van der Waals surface area contributed by atoms with Crippen molar-refractivity contribution in [2.45, 2.75) is 18.9 Å². The first-order chi connectivity index (χ1) is 14.6. The Kier molecular flexibility index (Phi) is 6.05. The van der Waals surface area contributed by atoms with Crippen LogP contribution in [0.2, 0.25) is 0 Å².